The summed E-state index contributed by atoms with van der Waals surface area (Å²) in [6, 6.07) is 12.3. The van der Waals surface area contributed by atoms with Gasteiger partial charge in [-0.15, -0.1) is 0 Å². The van der Waals surface area contributed by atoms with E-state index in [1.54, 1.807) is 38.1 Å². The number of H-pyrrole nitrogens is 1. The number of fused-ring (bicyclic) bond motifs is 2. The van der Waals surface area contributed by atoms with Crippen molar-refractivity contribution in [3.05, 3.63) is 106 Å². The number of carbonyl (C=O) groups is 2. The molecule has 1 N–H and O–H groups in total. The third-order valence-corrected chi connectivity index (χ3v) is 6.27. The molecule has 0 atom stereocenters. The van der Waals surface area contributed by atoms with Crippen LogP contribution in [0.2, 0.25) is 0 Å². The molecule has 0 unspecified atom stereocenters. The van der Waals surface area contributed by atoms with Gasteiger partial charge in [-0.1, -0.05) is 48.5 Å². The Bertz CT molecular complexity index is 1740. The Morgan fingerprint density at radius 2 is 1.20 bits per heavy atom. The first-order valence-electron chi connectivity index (χ1n) is 12.1. The second-order valence-corrected chi connectivity index (χ2v) is 8.54. The van der Waals surface area contributed by atoms with E-state index < -0.39 is 52.2 Å². The van der Waals surface area contributed by atoms with E-state index in [0.29, 0.717) is 0 Å². The predicted molar refractivity (Wildman–Crippen MR) is 136 cm³/mol. The van der Waals surface area contributed by atoms with Gasteiger partial charge in [0.1, 0.15) is 5.69 Å². The molecule has 4 aromatic rings. The molecule has 0 bridgehead atoms. The monoisotopic (exact) mass is 554 g/mol. The molecule has 0 saturated carbocycles. The van der Waals surface area contributed by atoms with Crippen LogP contribution in [0.15, 0.2) is 53.5 Å². The Kier molecular flexibility index (Phi) is 6.97. The first-order valence-corrected chi connectivity index (χ1v) is 12.1. The molecule has 0 spiro atoms. The SMILES string of the molecule is CCOC(=O)C1=N/C(=C(\c2c(F)c(F)c(F)c(F)c2F)c2[nH]c(C(=O)OCC)c3ccccc23)c2ccccc21. The molecule has 1 aliphatic rings. The van der Waals surface area contributed by atoms with Crippen LogP contribution in [-0.2, 0) is 14.3 Å². The van der Waals surface area contributed by atoms with Crippen LogP contribution in [0.4, 0.5) is 22.0 Å². The zero-order valence-corrected chi connectivity index (χ0v) is 21.0. The number of hydrogen-bond acceptors (Lipinski definition) is 5. The van der Waals surface area contributed by atoms with Crippen LogP contribution >= 0.6 is 0 Å². The Balaban J connectivity index is 1.97. The Morgan fingerprint density at radius 1 is 0.700 bits per heavy atom. The smallest absolute Gasteiger partial charge is 0.357 e. The molecule has 0 radical (unpaired) electrons. The van der Waals surface area contributed by atoms with E-state index in [2.05, 4.69) is 9.98 Å². The second-order valence-electron chi connectivity index (χ2n) is 8.54. The number of hydrogen-bond donors (Lipinski definition) is 1. The highest BCUT2D eigenvalue weighted by atomic mass is 19.2. The van der Waals surface area contributed by atoms with Crippen LogP contribution in [-0.4, -0.2) is 35.8 Å². The van der Waals surface area contributed by atoms with Gasteiger partial charge in [-0.05, 0) is 13.8 Å². The number of aromatic amines is 1. The van der Waals surface area contributed by atoms with Gasteiger partial charge in [0, 0.05) is 27.5 Å². The largest absolute Gasteiger partial charge is 0.461 e. The molecular formula is C29H19F5N2O4. The molecule has 6 nitrogen and oxygen atoms in total. The summed E-state index contributed by atoms with van der Waals surface area (Å²) in [6.07, 6.45) is 0. The summed E-state index contributed by atoms with van der Waals surface area (Å²) in [5.74, 6) is -12.6. The lowest BCUT2D eigenvalue weighted by Gasteiger charge is -2.15. The molecule has 40 heavy (non-hydrogen) atoms. The number of esters is 2. The van der Waals surface area contributed by atoms with Gasteiger partial charge in [0.2, 0.25) is 5.82 Å². The molecule has 0 fully saturated rings. The Morgan fingerprint density at radius 3 is 1.80 bits per heavy atom. The van der Waals surface area contributed by atoms with E-state index in [1.165, 1.54) is 24.3 Å². The third-order valence-electron chi connectivity index (χ3n) is 6.27. The van der Waals surface area contributed by atoms with Gasteiger partial charge < -0.3 is 14.5 Å². The minimum absolute atomic E-state index is 0.00622. The fraction of sp³-hybridized carbons (Fsp3) is 0.138. The molecule has 0 amide bonds. The van der Waals surface area contributed by atoms with Gasteiger partial charge in [0.05, 0.1) is 30.2 Å². The highest BCUT2D eigenvalue weighted by molar-refractivity contribution is 6.47. The number of benzene rings is 3. The van der Waals surface area contributed by atoms with Gasteiger partial charge in [0.15, 0.2) is 29.0 Å². The topological polar surface area (TPSA) is 80.8 Å². The van der Waals surface area contributed by atoms with Crippen molar-refractivity contribution in [3.8, 4) is 0 Å². The minimum Gasteiger partial charge on any atom is -0.461 e. The number of halogens is 5. The first-order chi connectivity index (χ1) is 19.2. The van der Waals surface area contributed by atoms with Crippen LogP contribution in [0.5, 0.6) is 0 Å². The van der Waals surface area contributed by atoms with Crippen molar-refractivity contribution in [2.45, 2.75) is 13.8 Å². The number of nitrogens with one attached hydrogen (secondary N) is 1. The van der Waals surface area contributed by atoms with Crippen LogP contribution < -0.4 is 0 Å². The zero-order chi connectivity index (χ0) is 28.7. The summed E-state index contributed by atoms with van der Waals surface area (Å²) in [4.78, 5) is 32.6. The Labute approximate surface area is 223 Å². The van der Waals surface area contributed by atoms with Gasteiger partial charge in [0.25, 0.3) is 0 Å². The van der Waals surface area contributed by atoms with E-state index in [4.69, 9.17) is 9.47 Å². The summed E-state index contributed by atoms with van der Waals surface area (Å²) in [7, 11) is 0. The van der Waals surface area contributed by atoms with E-state index in [0.717, 1.165) is 0 Å². The first kappa shape index (κ1) is 26.8. The third kappa shape index (κ3) is 4.14. The molecule has 3 aromatic carbocycles. The van der Waals surface area contributed by atoms with Crippen molar-refractivity contribution in [3.63, 3.8) is 0 Å². The minimum atomic E-state index is -2.34. The van der Waals surface area contributed by atoms with Crippen LogP contribution in [0.3, 0.4) is 0 Å². The molecule has 2 heterocycles. The summed E-state index contributed by atoms with van der Waals surface area (Å²) in [5.41, 5.74) is -2.26. The van der Waals surface area contributed by atoms with Crippen molar-refractivity contribution in [1.29, 1.82) is 0 Å². The van der Waals surface area contributed by atoms with Gasteiger partial charge in [-0.3, -0.25) is 0 Å². The highest BCUT2D eigenvalue weighted by Crippen LogP contribution is 2.43. The number of nitrogens with zero attached hydrogens (tertiary/aromatic N) is 1. The molecule has 1 aliphatic heterocycles. The van der Waals surface area contributed by atoms with Gasteiger partial charge >= 0.3 is 11.9 Å². The normalized spacial score (nSPS) is 13.7. The van der Waals surface area contributed by atoms with E-state index in [-0.39, 0.29) is 57.9 Å². The van der Waals surface area contributed by atoms with Crippen LogP contribution in [0.1, 0.15) is 46.7 Å². The van der Waals surface area contributed by atoms with Gasteiger partial charge in [-0.25, -0.2) is 36.5 Å². The molecule has 5 rings (SSSR count). The molecular weight excluding hydrogens is 535 g/mol. The molecule has 1 aromatic heterocycles. The molecule has 0 saturated heterocycles. The highest BCUT2D eigenvalue weighted by Gasteiger charge is 2.36. The van der Waals surface area contributed by atoms with E-state index in [1.807, 2.05) is 0 Å². The van der Waals surface area contributed by atoms with Gasteiger partial charge in [-0.2, -0.15) is 0 Å². The number of carbonyl (C=O) groups excluding carboxylic acids is 2. The van der Waals surface area contributed by atoms with E-state index >= 15 is 8.78 Å². The average molecular weight is 554 g/mol. The fourth-order valence-electron chi connectivity index (χ4n) is 4.60. The lowest BCUT2D eigenvalue weighted by Crippen LogP contribution is -2.17. The number of aliphatic imine (C=N–C) groups is 1. The van der Waals surface area contributed by atoms with E-state index in [9.17, 15) is 22.8 Å². The lowest BCUT2D eigenvalue weighted by molar-refractivity contribution is -0.134. The average Bonchev–Trinajstić information content (AvgIpc) is 3.53. The lowest BCUT2D eigenvalue weighted by atomic mass is 9.93. The summed E-state index contributed by atoms with van der Waals surface area (Å²) >= 11 is 0. The number of ether oxygens (including phenoxy) is 2. The quantitative estimate of drug-likeness (QED) is 0.131. The summed E-state index contributed by atoms with van der Waals surface area (Å²) in [5, 5.41) is 0.466. The van der Waals surface area contributed by atoms with Crippen molar-refractivity contribution < 1.29 is 41.0 Å². The molecule has 0 aliphatic carbocycles. The summed E-state index contributed by atoms with van der Waals surface area (Å²) in [6.45, 7) is 3.15. The molecule has 11 heteroatoms. The number of rotatable bonds is 6. The van der Waals surface area contributed by atoms with Crippen molar-refractivity contribution in [2.24, 2.45) is 4.99 Å². The maximum atomic E-state index is 15.4. The zero-order valence-electron chi connectivity index (χ0n) is 21.0. The molecule has 204 valence electrons. The van der Waals surface area contributed by atoms with Crippen LogP contribution in [0.25, 0.3) is 22.0 Å². The summed E-state index contributed by atoms with van der Waals surface area (Å²) < 4.78 is 84.2. The second kappa shape index (κ2) is 10.4. The van der Waals surface area contributed by atoms with Crippen molar-refractivity contribution in [2.75, 3.05) is 13.2 Å². The standard InChI is InChI=1S/C29H19F5N2O4/c1-3-39-28(37)26-15-11-7-5-9-13(15)24(35-26)18(17-19(30)21(32)23(34)22(33)20(17)31)25-14-10-6-8-12-16(14)27(36-25)29(38)40-4-2/h5-12,35H,3-4H2,1-2H3/b25-18+. The maximum absolute atomic E-state index is 15.4. The van der Waals surface area contributed by atoms with Crippen LogP contribution in [0, 0.1) is 29.1 Å². The Hall–Kier alpha value is -4.80. The number of aromatic nitrogens is 1. The van der Waals surface area contributed by atoms with Crippen molar-refractivity contribution in [1.82, 2.24) is 4.98 Å². The maximum Gasteiger partial charge on any atom is 0.357 e. The predicted octanol–water partition coefficient (Wildman–Crippen LogP) is 6.32. The van der Waals surface area contributed by atoms with Crippen molar-refractivity contribution >= 4 is 39.7 Å². The fourth-order valence-corrected chi connectivity index (χ4v) is 4.60.